The van der Waals surface area contributed by atoms with Gasteiger partial charge in [-0.15, -0.1) is 0 Å². The first-order chi connectivity index (χ1) is 11.5. The van der Waals surface area contributed by atoms with E-state index >= 15 is 0 Å². The van der Waals surface area contributed by atoms with E-state index in [4.69, 9.17) is 21.1 Å². The summed E-state index contributed by atoms with van der Waals surface area (Å²) < 4.78 is 9.93. The van der Waals surface area contributed by atoms with Crippen molar-refractivity contribution in [1.82, 2.24) is 10.6 Å². The summed E-state index contributed by atoms with van der Waals surface area (Å²) >= 11 is 5.83. The lowest BCUT2D eigenvalue weighted by molar-refractivity contribution is -0.123. The van der Waals surface area contributed by atoms with Crippen LogP contribution in [0.3, 0.4) is 0 Å². The monoisotopic (exact) mass is 354 g/mol. The first kappa shape index (κ1) is 18.1. The lowest BCUT2D eigenvalue weighted by Crippen LogP contribution is -2.45. The minimum Gasteiger partial charge on any atom is -0.496 e. The predicted octanol–water partition coefficient (Wildman–Crippen LogP) is 2.27. The Balaban J connectivity index is 1.81. The van der Waals surface area contributed by atoms with Gasteiger partial charge in [-0.05, 0) is 31.0 Å². The molecule has 7 nitrogen and oxygen atoms in total. The van der Waals surface area contributed by atoms with Gasteiger partial charge in [0.25, 0.3) is 5.91 Å². The summed E-state index contributed by atoms with van der Waals surface area (Å²) in [5.74, 6) is -1.19. The molecule has 2 rings (SSSR count). The Bertz CT molecular complexity index is 629. The maximum Gasteiger partial charge on any atom is 0.342 e. The first-order valence-electron chi connectivity index (χ1n) is 7.60. The summed E-state index contributed by atoms with van der Waals surface area (Å²) in [6.45, 7) is -0.577. The molecule has 1 fully saturated rings. The minimum atomic E-state index is -0.763. The Hall–Kier alpha value is -2.28. The summed E-state index contributed by atoms with van der Waals surface area (Å²) in [5.41, 5.74) is 0.105. The van der Waals surface area contributed by atoms with Gasteiger partial charge in [0, 0.05) is 11.1 Å². The molecule has 1 saturated carbocycles. The largest absolute Gasteiger partial charge is 0.496 e. The third-order valence-electron chi connectivity index (χ3n) is 3.66. The second-order valence-electron chi connectivity index (χ2n) is 5.42. The molecular weight excluding hydrogens is 336 g/mol. The fraction of sp³-hybridized carbons (Fsp3) is 0.438. The molecule has 0 saturated heterocycles. The number of urea groups is 1. The molecule has 2 N–H and O–H groups in total. The predicted molar refractivity (Wildman–Crippen MR) is 87.2 cm³/mol. The molecule has 0 heterocycles. The number of amides is 3. The summed E-state index contributed by atoms with van der Waals surface area (Å²) in [7, 11) is 1.40. The van der Waals surface area contributed by atoms with Crippen molar-refractivity contribution in [2.75, 3.05) is 13.7 Å². The molecule has 1 aromatic carbocycles. The number of nitrogens with one attached hydrogen (secondary N) is 2. The van der Waals surface area contributed by atoms with Gasteiger partial charge in [-0.25, -0.2) is 9.59 Å². The Morgan fingerprint density at radius 1 is 1.25 bits per heavy atom. The molecule has 0 atom stereocenters. The van der Waals surface area contributed by atoms with Crippen LogP contribution in [0, 0.1) is 0 Å². The number of carbonyl (C=O) groups is 3. The van der Waals surface area contributed by atoms with Crippen molar-refractivity contribution in [2.24, 2.45) is 0 Å². The second kappa shape index (κ2) is 8.54. The number of ether oxygens (including phenoxy) is 2. The van der Waals surface area contributed by atoms with E-state index in [1.807, 2.05) is 0 Å². The maximum absolute atomic E-state index is 12.0. The molecule has 24 heavy (non-hydrogen) atoms. The third kappa shape index (κ3) is 5.13. The van der Waals surface area contributed by atoms with Crippen LogP contribution in [0.25, 0.3) is 0 Å². The van der Waals surface area contributed by atoms with Gasteiger partial charge in [0.05, 0.1) is 7.11 Å². The van der Waals surface area contributed by atoms with Crippen LogP contribution in [0.5, 0.6) is 5.75 Å². The van der Waals surface area contributed by atoms with E-state index in [0.29, 0.717) is 5.02 Å². The van der Waals surface area contributed by atoms with Crippen molar-refractivity contribution in [1.29, 1.82) is 0 Å². The number of hydrogen-bond acceptors (Lipinski definition) is 5. The van der Waals surface area contributed by atoms with Gasteiger partial charge in [-0.2, -0.15) is 0 Å². The summed E-state index contributed by atoms with van der Waals surface area (Å²) in [6, 6.07) is 3.98. The summed E-state index contributed by atoms with van der Waals surface area (Å²) in [5, 5.41) is 5.17. The van der Waals surface area contributed by atoms with Crippen LogP contribution in [0.15, 0.2) is 18.2 Å². The second-order valence-corrected chi connectivity index (χ2v) is 5.86. The molecule has 0 aliphatic heterocycles. The Morgan fingerprint density at radius 3 is 2.62 bits per heavy atom. The molecule has 1 aliphatic carbocycles. The van der Waals surface area contributed by atoms with Crippen molar-refractivity contribution in [3.05, 3.63) is 28.8 Å². The average Bonchev–Trinajstić information content (AvgIpc) is 3.05. The Kier molecular flexibility index (Phi) is 6.43. The van der Waals surface area contributed by atoms with Crippen LogP contribution in [0.2, 0.25) is 5.02 Å². The summed E-state index contributed by atoms with van der Waals surface area (Å²) in [4.78, 5) is 35.3. The van der Waals surface area contributed by atoms with Crippen LogP contribution in [-0.2, 0) is 9.53 Å². The van der Waals surface area contributed by atoms with Crippen molar-refractivity contribution < 1.29 is 23.9 Å². The van der Waals surface area contributed by atoms with Crippen LogP contribution < -0.4 is 15.4 Å². The molecule has 8 heteroatoms. The van der Waals surface area contributed by atoms with E-state index in [1.165, 1.54) is 19.2 Å². The first-order valence-corrected chi connectivity index (χ1v) is 7.98. The third-order valence-corrected chi connectivity index (χ3v) is 3.89. The molecule has 130 valence electrons. The van der Waals surface area contributed by atoms with Crippen molar-refractivity contribution in [3.8, 4) is 5.75 Å². The normalized spacial score (nSPS) is 14.1. The molecule has 0 radical (unpaired) electrons. The zero-order valence-corrected chi connectivity index (χ0v) is 14.0. The van der Waals surface area contributed by atoms with Gasteiger partial charge in [-0.1, -0.05) is 24.4 Å². The highest BCUT2D eigenvalue weighted by Gasteiger charge is 2.20. The fourth-order valence-electron chi connectivity index (χ4n) is 2.50. The van der Waals surface area contributed by atoms with E-state index < -0.39 is 24.5 Å². The quantitative estimate of drug-likeness (QED) is 0.791. The van der Waals surface area contributed by atoms with Crippen LogP contribution in [0.1, 0.15) is 36.0 Å². The standard InChI is InChI=1S/C16H19ClN2O5/c1-23-13-7-6-10(17)8-12(13)15(21)24-9-14(20)19-16(22)18-11-4-2-3-5-11/h6-8,11H,2-5,9H2,1H3,(H2,18,19,20,22). The van der Waals surface area contributed by atoms with Crippen LogP contribution in [-0.4, -0.2) is 37.7 Å². The SMILES string of the molecule is COc1ccc(Cl)cc1C(=O)OCC(=O)NC(=O)NC1CCCC1. The molecular formula is C16H19ClN2O5. The van der Waals surface area contributed by atoms with Gasteiger partial charge in [0.15, 0.2) is 6.61 Å². The average molecular weight is 355 g/mol. The molecule has 0 spiro atoms. The zero-order chi connectivity index (χ0) is 17.5. The minimum absolute atomic E-state index is 0.0936. The van der Waals surface area contributed by atoms with Crippen LogP contribution in [0.4, 0.5) is 4.79 Å². The Morgan fingerprint density at radius 2 is 1.96 bits per heavy atom. The number of benzene rings is 1. The van der Waals surface area contributed by atoms with Crippen LogP contribution >= 0.6 is 11.6 Å². The smallest absolute Gasteiger partial charge is 0.342 e. The number of imide groups is 1. The number of methoxy groups -OCH3 is 1. The molecule has 0 bridgehead atoms. The topological polar surface area (TPSA) is 93.7 Å². The molecule has 1 aliphatic rings. The number of rotatable bonds is 5. The summed E-state index contributed by atoms with van der Waals surface area (Å²) in [6.07, 6.45) is 3.95. The zero-order valence-electron chi connectivity index (χ0n) is 13.3. The highest BCUT2D eigenvalue weighted by molar-refractivity contribution is 6.31. The van der Waals surface area contributed by atoms with Gasteiger partial charge in [-0.3, -0.25) is 10.1 Å². The molecule has 1 aromatic rings. The van der Waals surface area contributed by atoms with E-state index in [9.17, 15) is 14.4 Å². The van der Waals surface area contributed by atoms with Gasteiger partial charge in [0.2, 0.25) is 0 Å². The highest BCUT2D eigenvalue weighted by atomic mass is 35.5. The van der Waals surface area contributed by atoms with E-state index in [1.54, 1.807) is 6.07 Å². The lowest BCUT2D eigenvalue weighted by Gasteiger charge is -2.12. The van der Waals surface area contributed by atoms with Crippen molar-refractivity contribution in [2.45, 2.75) is 31.7 Å². The van der Waals surface area contributed by atoms with Gasteiger partial charge >= 0.3 is 12.0 Å². The molecule has 3 amide bonds. The van der Waals surface area contributed by atoms with Gasteiger partial charge in [0.1, 0.15) is 11.3 Å². The van der Waals surface area contributed by atoms with Crippen molar-refractivity contribution in [3.63, 3.8) is 0 Å². The molecule has 0 aromatic heterocycles. The van der Waals surface area contributed by atoms with E-state index in [2.05, 4.69) is 10.6 Å². The number of carbonyl (C=O) groups excluding carboxylic acids is 3. The fourth-order valence-corrected chi connectivity index (χ4v) is 2.68. The van der Waals surface area contributed by atoms with E-state index in [0.717, 1.165) is 25.7 Å². The number of halogens is 1. The molecule has 0 unspecified atom stereocenters. The van der Waals surface area contributed by atoms with Crippen molar-refractivity contribution >= 4 is 29.5 Å². The highest BCUT2D eigenvalue weighted by Crippen LogP contribution is 2.23. The van der Waals surface area contributed by atoms with E-state index in [-0.39, 0.29) is 17.4 Å². The number of esters is 1. The lowest BCUT2D eigenvalue weighted by atomic mass is 10.2. The van der Waals surface area contributed by atoms with Gasteiger partial charge < -0.3 is 14.8 Å². The Labute approximate surface area is 144 Å². The maximum atomic E-state index is 12.0. The number of hydrogen-bond donors (Lipinski definition) is 2.